The van der Waals surface area contributed by atoms with Crippen molar-refractivity contribution < 1.29 is 14.3 Å². The number of unbranched alkanes of at least 4 members (excludes halogenated alkanes) is 3. The molecule has 4 aliphatic rings. The highest BCUT2D eigenvalue weighted by Gasteiger charge is 2.45. The zero-order valence-corrected chi connectivity index (χ0v) is 27.6. The summed E-state index contributed by atoms with van der Waals surface area (Å²) in [6, 6.07) is 15.6. The van der Waals surface area contributed by atoms with Crippen LogP contribution in [0.15, 0.2) is 47.4 Å². The van der Waals surface area contributed by atoms with E-state index in [1.54, 1.807) is 0 Å². The monoisotopic (exact) mass is 594 g/mol. The van der Waals surface area contributed by atoms with Crippen LogP contribution in [-0.2, 0) is 0 Å². The third-order valence-electron chi connectivity index (χ3n) is 10.6. The number of thioether (sulfide) groups is 1. The quantitative estimate of drug-likeness (QED) is 0.188. The Kier molecular flexibility index (Phi) is 10.8. The third-order valence-corrected chi connectivity index (χ3v) is 12.0. The van der Waals surface area contributed by atoms with Crippen molar-refractivity contribution in [2.45, 2.75) is 82.1 Å². The van der Waals surface area contributed by atoms with Gasteiger partial charge in [0.05, 0.1) is 38.9 Å². The van der Waals surface area contributed by atoms with Crippen molar-refractivity contribution in [2.75, 3.05) is 77.2 Å². The normalized spacial score (nSPS) is 26.5. The fraction of sp³-hybridized carbons (Fsp3) is 0.667. The molecule has 3 fully saturated rings. The molecule has 6 rings (SSSR count). The number of nitrogens with zero attached hydrogens (tertiary/aromatic N) is 3. The summed E-state index contributed by atoms with van der Waals surface area (Å²) in [5.74, 6) is 1.88. The fourth-order valence-electron chi connectivity index (χ4n) is 7.58. The van der Waals surface area contributed by atoms with Crippen LogP contribution in [0.5, 0.6) is 5.75 Å². The summed E-state index contributed by atoms with van der Waals surface area (Å²) in [7, 11) is 4.21. The van der Waals surface area contributed by atoms with Crippen LogP contribution in [0.2, 0.25) is 0 Å². The molecular weight excluding hydrogens is 538 g/mol. The molecule has 4 heterocycles. The lowest BCUT2D eigenvalue weighted by molar-refractivity contribution is -0.941. The van der Waals surface area contributed by atoms with Gasteiger partial charge in [-0.05, 0) is 67.1 Å². The molecule has 0 saturated carbocycles. The van der Waals surface area contributed by atoms with E-state index < -0.39 is 6.10 Å². The molecule has 3 saturated heterocycles. The second kappa shape index (κ2) is 14.4. The minimum absolute atomic E-state index is 0.0448. The van der Waals surface area contributed by atoms with Crippen LogP contribution in [0, 0.1) is 5.41 Å². The largest absolute Gasteiger partial charge is 0.494 e. The highest BCUT2D eigenvalue weighted by Crippen LogP contribution is 2.52. The number of hydrogen-bond donors (Lipinski definition) is 1. The van der Waals surface area contributed by atoms with Crippen molar-refractivity contribution in [1.82, 2.24) is 4.90 Å². The lowest BCUT2D eigenvalue weighted by Crippen LogP contribution is -2.67. The van der Waals surface area contributed by atoms with Crippen LogP contribution in [0.4, 0.5) is 5.69 Å². The van der Waals surface area contributed by atoms with Gasteiger partial charge in [0.2, 0.25) is 0 Å². The first-order chi connectivity index (χ1) is 20.4. The zero-order chi connectivity index (χ0) is 29.6. The molecule has 2 aromatic carbocycles. The fourth-order valence-corrected chi connectivity index (χ4v) is 9.00. The molecule has 2 atom stereocenters. The van der Waals surface area contributed by atoms with E-state index in [2.05, 4.69) is 80.2 Å². The standard InChI is InChI=1S/C36H56N3O2S/c1-5-7-17-36(18-8-6-2)28-42-33-16-13-30(37(3)4)27-32(33)34(35(36)40)29-11-14-31(15-12-29)41-26-10-9-22-39-23-19-38(20-24-39)21-25-39/h11-16,27,34-35,40H,5-10,17-26,28H2,1-4H3/q+1. The Labute approximate surface area is 260 Å². The highest BCUT2D eigenvalue weighted by molar-refractivity contribution is 7.99. The van der Waals surface area contributed by atoms with Crippen LogP contribution in [0.25, 0.3) is 0 Å². The molecule has 5 nitrogen and oxygen atoms in total. The van der Waals surface area contributed by atoms with E-state index >= 15 is 0 Å². The van der Waals surface area contributed by atoms with E-state index in [0.29, 0.717) is 0 Å². The van der Waals surface area contributed by atoms with Gasteiger partial charge in [-0.3, -0.25) is 4.90 Å². The molecule has 0 aliphatic carbocycles. The number of benzene rings is 2. The number of aliphatic hydroxyl groups excluding tert-OH is 1. The zero-order valence-electron chi connectivity index (χ0n) is 26.8. The van der Waals surface area contributed by atoms with E-state index in [9.17, 15) is 5.11 Å². The van der Waals surface area contributed by atoms with Crippen molar-refractivity contribution in [3.05, 3.63) is 53.6 Å². The second-order valence-corrected chi connectivity index (χ2v) is 14.6. The third kappa shape index (κ3) is 7.14. The summed E-state index contributed by atoms with van der Waals surface area (Å²) in [4.78, 5) is 6.12. The average Bonchev–Trinajstić information content (AvgIpc) is 3.14. The molecule has 6 heteroatoms. The van der Waals surface area contributed by atoms with E-state index in [1.807, 2.05) is 11.8 Å². The average molecular weight is 595 g/mol. The molecule has 0 amide bonds. The lowest BCUT2D eigenvalue weighted by atomic mass is 9.68. The van der Waals surface area contributed by atoms with Crippen molar-refractivity contribution >= 4 is 17.4 Å². The number of quaternary nitrogens is 1. The van der Waals surface area contributed by atoms with Crippen LogP contribution in [0.1, 0.15) is 82.3 Å². The van der Waals surface area contributed by atoms with Gasteiger partial charge in [-0.1, -0.05) is 51.7 Å². The number of piperazine rings is 3. The van der Waals surface area contributed by atoms with Crippen LogP contribution < -0.4 is 9.64 Å². The summed E-state index contributed by atoms with van der Waals surface area (Å²) in [5, 5.41) is 12.4. The van der Waals surface area contributed by atoms with Crippen molar-refractivity contribution in [2.24, 2.45) is 5.41 Å². The van der Waals surface area contributed by atoms with Crippen LogP contribution >= 0.6 is 11.8 Å². The Hall–Kier alpha value is -1.73. The van der Waals surface area contributed by atoms with Gasteiger partial charge in [0, 0.05) is 61.4 Å². The smallest absolute Gasteiger partial charge is 0.119 e. The number of ether oxygens (including phenoxy) is 1. The van der Waals surface area contributed by atoms with E-state index in [-0.39, 0.29) is 11.3 Å². The molecule has 0 spiro atoms. The molecule has 42 heavy (non-hydrogen) atoms. The Bertz CT molecular complexity index is 1110. The van der Waals surface area contributed by atoms with Gasteiger partial charge in [-0.15, -0.1) is 11.8 Å². The highest BCUT2D eigenvalue weighted by atomic mass is 32.2. The van der Waals surface area contributed by atoms with E-state index in [1.165, 1.54) is 91.3 Å². The minimum Gasteiger partial charge on any atom is -0.494 e. The predicted molar refractivity (Wildman–Crippen MR) is 178 cm³/mol. The number of rotatable bonds is 14. The summed E-state index contributed by atoms with van der Waals surface area (Å²) < 4.78 is 7.58. The first kappa shape index (κ1) is 31.7. The molecule has 2 unspecified atom stereocenters. The van der Waals surface area contributed by atoms with Gasteiger partial charge >= 0.3 is 0 Å². The topological polar surface area (TPSA) is 35.9 Å². The molecule has 2 bridgehead atoms. The molecule has 2 aromatic rings. The maximum absolute atomic E-state index is 12.4. The van der Waals surface area contributed by atoms with Gasteiger partial charge < -0.3 is 19.2 Å². The summed E-state index contributed by atoms with van der Waals surface area (Å²) in [5.41, 5.74) is 3.58. The Morgan fingerprint density at radius 2 is 1.60 bits per heavy atom. The molecule has 232 valence electrons. The molecule has 4 aliphatic heterocycles. The van der Waals surface area contributed by atoms with Gasteiger partial charge in [-0.25, -0.2) is 0 Å². The molecule has 0 aromatic heterocycles. The predicted octanol–water partition coefficient (Wildman–Crippen LogP) is 7.02. The van der Waals surface area contributed by atoms with Crippen molar-refractivity contribution in [1.29, 1.82) is 0 Å². The summed E-state index contributed by atoms with van der Waals surface area (Å²) >= 11 is 1.97. The van der Waals surface area contributed by atoms with Crippen LogP contribution in [0.3, 0.4) is 0 Å². The van der Waals surface area contributed by atoms with Crippen LogP contribution in [-0.4, -0.2) is 92.9 Å². The summed E-state index contributed by atoms with van der Waals surface area (Å²) in [6.07, 6.45) is 8.77. The van der Waals surface area contributed by atoms with Crippen molar-refractivity contribution in [3.63, 3.8) is 0 Å². The maximum Gasteiger partial charge on any atom is 0.119 e. The Morgan fingerprint density at radius 3 is 2.21 bits per heavy atom. The van der Waals surface area contributed by atoms with E-state index in [0.717, 1.165) is 50.2 Å². The van der Waals surface area contributed by atoms with Crippen molar-refractivity contribution in [3.8, 4) is 5.75 Å². The van der Waals surface area contributed by atoms with E-state index in [4.69, 9.17) is 4.74 Å². The Morgan fingerprint density at radius 1 is 0.929 bits per heavy atom. The van der Waals surface area contributed by atoms with Gasteiger partial charge in [0.1, 0.15) is 5.75 Å². The van der Waals surface area contributed by atoms with Gasteiger partial charge in [0.15, 0.2) is 0 Å². The second-order valence-electron chi connectivity index (χ2n) is 13.6. The molecule has 1 N–H and O–H groups in total. The summed E-state index contributed by atoms with van der Waals surface area (Å²) in [6.45, 7) is 14.5. The number of anilines is 1. The van der Waals surface area contributed by atoms with Gasteiger partial charge in [-0.2, -0.15) is 0 Å². The number of fused-ring (bicyclic) bond motifs is 4. The Balaban J connectivity index is 1.31. The maximum atomic E-state index is 12.4. The van der Waals surface area contributed by atoms with Gasteiger partial charge in [0.25, 0.3) is 0 Å². The number of aliphatic hydroxyl groups is 1. The molecular formula is C36H56N3O2S+. The first-order valence-corrected chi connectivity index (χ1v) is 17.8. The molecule has 0 radical (unpaired) electrons. The lowest BCUT2D eigenvalue weighted by Gasteiger charge is -2.50. The minimum atomic E-state index is -0.419. The number of hydrogen-bond acceptors (Lipinski definition) is 5. The SMILES string of the molecule is CCCCC1(CCCC)CSc2ccc(N(C)C)cc2C(c2ccc(OCCCC[N+]34CCN(CC3)CC4)cc2)C1O. The first-order valence-electron chi connectivity index (χ1n) is 16.8.